The van der Waals surface area contributed by atoms with Crippen LogP contribution < -0.4 is 10.1 Å². The van der Waals surface area contributed by atoms with Gasteiger partial charge in [0.1, 0.15) is 18.2 Å². The third-order valence-electron chi connectivity index (χ3n) is 4.71. The summed E-state index contributed by atoms with van der Waals surface area (Å²) in [6.45, 7) is 4.53. The number of carbonyl (C=O) groups is 1. The molecule has 0 saturated carbocycles. The maximum absolute atomic E-state index is 13.1. The fourth-order valence-electron chi connectivity index (χ4n) is 3.06. The number of carbonyl (C=O) groups excluding carboxylic acids is 1. The van der Waals surface area contributed by atoms with Gasteiger partial charge >= 0.3 is 0 Å². The number of rotatable bonds is 11. The van der Waals surface area contributed by atoms with E-state index in [1.54, 1.807) is 24.4 Å². The van der Waals surface area contributed by atoms with Crippen molar-refractivity contribution < 1.29 is 13.9 Å². The van der Waals surface area contributed by atoms with Crippen LogP contribution in [0.2, 0.25) is 0 Å². The van der Waals surface area contributed by atoms with Crippen LogP contribution >= 0.6 is 39.0 Å². The summed E-state index contributed by atoms with van der Waals surface area (Å²) in [5.74, 6) is 1.05. The van der Waals surface area contributed by atoms with E-state index < -0.39 is 0 Å². The molecule has 35 heavy (non-hydrogen) atoms. The monoisotopic (exact) mass is 573 g/mol. The number of benzene rings is 2. The van der Waals surface area contributed by atoms with Crippen molar-refractivity contribution >= 4 is 50.1 Å². The molecule has 4 aromatic rings. The van der Waals surface area contributed by atoms with Gasteiger partial charge in [0, 0.05) is 28.5 Å². The highest BCUT2D eigenvalue weighted by Crippen LogP contribution is 2.23. The predicted octanol–water partition coefficient (Wildman–Crippen LogP) is 5.72. The molecule has 2 heterocycles. The number of nitrogens with zero attached hydrogens (tertiary/aromatic N) is 4. The minimum Gasteiger partial charge on any atom is -0.486 e. The summed E-state index contributed by atoms with van der Waals surface area (Å²) in [6.07, 6.45) is 4.09. The number of hydrogen-bond donors (Lipinski definition) is 1. The van der Waals surface area contributed by atoms with Gasteiger partial charge in [-0.25, -0.2) is 9.37 Å². The van der Waals surface area contributed by atoms with E-state index in [0.29, 0.717) is 29.1 Å². The Morgan fingerprint density at radius 3 is 2.71 bits per heavy atom. The van der Waals surface area contributed by atoms with Crippen LogP contribution in [0.15, 0.2) is 77.0 Å². The first kappa shape index (κ1) is 25.1. The minimum absolute atomic E-state index is 0.149. The number of thiazole rings is 1. The van der Waals surface area contributed by atoms with Crippen LogP contribution in [0, 0.1) is 5.82 Å². The van der Waals surface area contributed by atoms with Gasteiger partial charge in [-0.05, 0) is 42.0 Å². The van der Waals surface area contributed by atoms with Crippen molar-refractivity contribution in [3.63, 3.8) is 0 Å². The highest BCUT2D eigenvalue weighted by Gasteiger charge is 2.15. The SMILES string of the molecule is C=CCn1c(COc2ccc(Br)cc2)nnc1SCC(=O)Nc1ncc(Cc2ccc(F)cc2)s1. The Morgan fingerprint density at radius 1 is 1.20 bits per heavy atom. The molecule has 0 aliphatic carbocycles. The fourth-order valence-corrected chi connectivity index (χ4v) is 4.95. The van der Waals surface area contributed by atoms with Crippen molar-refractivity contribution in [2.24, 2.45) is 0 Å². The molecule has 0 spiro atoms. The summed E-state index contributed by atoms with van der Waals surface area (Å²) in [5, 5.41) is 12.4. The molecule has 2 aromatic heterocycles. The van der Waals surface area contributed by atoms with Crippen molar-refractivity contribution in [1.82, 2.24) is 19.7 Å². The second-order valence-corrected chi connectivity index (χ2v) is 10.3. The van der Waals surface area contributed by atoms with E-state index in [4.69, 9.17) is 4.74 Å². The summed E-state index contributed by atoms with van der Waals surface area (Å²) in [4.78, 5) is 17.7. The summed E-state index contributed by atoms with van der Waals surface area (Å²) in [7, 11) is 0. The van der Waals surface area contributed by atoms with Crippen LogP contribution in [0.1, 0.15) is 16.3 Å². The molecule has 0 atom stereocenters. The number of aromatic nitrogens is 4. The van der Waals surface area contributed by atoms with E-state index in [1.165, 1.54) is 35.2 Å². The normalized spacial score (nSPS) is 10.8. The quantitative estimate of drug-likeness (QED) is 0.182. The smallest absolute Gasteiger partial charge is 0.236 e. The highest BCUT2D eigenvalue weighted by molar-refractivity contribution is 9.10. The summed E-state index contributed by atoms with van der Waals surface area (Å²) in [6, 6.07) is 13.9. The molecule has 1 N–H and O–H groups in total. The number of ether oxygens (including phenoxy) is 1. The van der Waals surface area contributed by atoms with Crippen molar-refractivity contribution in [2.75, 3.05) is 11.1 Å². The Bertz CT molecular complexity index is 1290. The molecule has 0 aliphatic rings. The Kier molecular flexibility index (Phi) is 8.67. The predicted molar refractivity (Wildman–Crippen MR) is 139 cm³/mol. The Hall–Kier alpha value is -3.02. The molecular weight excluding hydrogens is 553 g/mol. The molecule has 180 valence electrons. The van der Waals surface area contributed by atoms with E-state index in [1.807, 2.05) is 28.8 Å². The molecule has 0 bridgehead atoms. The number of thioether (sulfide) groups is 1. The van der Waals surface area contributed by atoms with Crippen LogP contribution in [0.4, 0.5) is 9.52 Å². The Balaban J connectivity index is 1.31. The van der Waals surface area contributed by atoms with E-state index in [0.717, 1.165) is 20.7 Å². The van der Waals surface area contributed by atoms with Gasteiger partial charge in [0.05, 0.1) is 5.75 Å². The Morgan fingerprint density at radius 2 is 1.97 bits per heavy atom. The zero-order chi connectivity index (χ0) is 24.6. The third kappa shape index (κ3) is 7.23. The maximum Gasteiger partial charge on any atom is 0.236 e. The zero-order valence-electron chi connectivity index (χ0n) is 18.5. The number of nitrogens with one attached hydrogen (secondary N) is 1. The summed E-state index contributed by atoms with van der Waals surface area (Å²) < 4.78 is 21.7. The van der Waals surface area contributed by atoms with Crippen LogP contribution in [-0.2, 0) is 24.4 Å². The number of halogens is 2. The van der Waals surface area contributed by atoms with Gasteiger partial charge in [-0.2, -0.15) is 0 Å². The molecule has 0 radical (unpaired) electrons. The molecule has 11 heteroatoms. The topological polar surface area (TPSA) is 81.9 Å². The van der Waals surface area contributed by atoms with Gasteiger partial charge < -0.3 is 10.1 Å². The number of anilines is 1. The van der Waals surface area contributed by atoms with E-state index in [2.05, 4.69) is 43.0 Å². The first-order chi connectivity index (χ1) is 17.0. The molecule has 0 unspecified atom stereocenters. The van der Waals surface area contributed by atoms with Crippen molar-refractivity contribution in [3.05, 3.63) is 93.9 Å². The lowest BCUT2D eigenvalue weighted by atomic mass is 10.1. The number of allylic oxidation sites excluding steroid dienone is 1. The third-order valence-corrected chi connectivity index (χ3v) is 7.12. The molecule has 0 aliphatic heterocycles. The van der Waals surface area contributed by atoms with Gasteiger partial charge in [0.25, 0.3) is 0 Å². The van der Waals surface area contributed by atoms with Gasteiger partial charge in [-0.15, -0.1) is 28.1 Å². The van der Waals surface area contributed by atoms with Crippen LogP contribution in [0.25, 0.3) is 0 Å². The first-order valence-electron chi connectivity index (χ1n) is 10.5. The fraction of sp³-hybridized carbons (Fsp3) is 0.167. The lowest BCUT2D eigenvalue weighted by Crippen LogP contribution is -2.14. The maximum atomic E-state index is 13.1. The molecular formula is C24H21BrFN5O2S2. The number of amides is 1. The summed E-state index contributed by atoms with van der Waals surface area (Å²) in [5.41, 5.74) is 0.977. The van der Waals surface area contributed by atoms with Crippen molar-refractivity contribution in [2.45, 2.75) is 24.7 Å². The minimum atomic E-state index is -0.267. The molecule has 1 amide bonds. The Labute approximate surface area is 218 Å². The van der Waals surface area contributed by atoms with Gasteiger partial charge in [-0.3, -0.25) is 9.36 Å². The standard InChI is InChI=1S/C24H21BrFN5O2S2/c1-2-11-31-21(14-33-19-9-5-17(25)6-10-19)29-30-24(31)34-15-22(32)28-23-27-13-20(35-23)12-16-3-7-18(26)8-4-16/h2-10,13H,1,11-12,14-15H2,(H,27,28,32). The molecule has 2 aromatic carbocycles. The van der Waals surface area contributed by atoms with Gasteiger partial charge in [0.2, 0.25) is 5.91 Å². The average molecular weight is 575 g/mol. The second-order valence-electron chi connectivity index (χ2n) is 7.31. The van der Waals surface area contributed by atoms with Gasteiger partial charge in [-0.1, -0.05) is 45.9 Å². The van der Waals surface area contributed by atoms with Crippen LogP contribution in [0.3, 0.4) is 0 Å². The van der Waals surface area contributed by atoms with E-state index in [9.17, 15) is 9.18 Å². The second kappa shape index (κ2) is 12.1. The lowest BCUT2D eigenvalue weighted by molar-refractivity contribution is -0.113. The van der Waals surface area contributed by atoms with Gasteiger partial charge in [0.15, 0.2) is 16.1 Å². The highest BCUT2D eigenvalue weighted by atomic mass is 79.9. The van der Waals surface area contributed by atoms with Crippen molar-refractivity contribution in [1.29, 1.82) is 0 Å². The number of hydrogen-bond acceptors (Lipinski definition) is 7. The average Bonchev–Trinajstić information content (AvgIpc) is 3.45. The molecule has 7 nitrogen and oxygen atoms in total. The largest absolute Gasteiger partial charge is 0.486 e. The zero-order valence-corrected chi connectivity index (χ0v) is 21.7. The summed E-state index contributed by atoms with van der Waals surface area (Å²) >= 11 is 6.07. The van der Waals surface area contributed by atoms with Crippen LogP contribution in [0.5, 0.6) is 5.75 Å². The van der Waals surface area contributed by atoms with Crippen LogP contribution in [-0.4, -0.2) is 31.4 Å². The van der Waals surface area contributed by atoms with Crippen molar-refractivity contribution in [3.8, 4) is 5.75 Å². The molecule has 0 fully saturated rings. The lowest BCUT2D eigenvalue weighted by Gasteiger charge is -2.09. The molecule has 0 saturated heterocycles. The van der Waals surface area contributed by atoms with E-state index in [-0.39, 0.29) is 24.1 Å². The van der Waals surface area contributed by atoms with E-state index >= 15 is 0 Å². The first-order valence-corrected chi connectivity index (χ1v) is 13.1. The molecule has 4 rings (SSSR count).